The van der Waals surface area contributed by atoms with E-state index >= 15 is 0 Å². The molecule has 0 aliphatic heterocycles. The lowest BCUT2D eigenvalue weighted by atomic mass is 9.96. The maximum absolute atomic E-state index is 12.8. The van der Waals surface area contributed by atoms with Gasteiger partial charge in [-0.1, -0.05) is 42.8 Å². The number of halogens is 1. The fraction of sp³-hybridized carbons (Fsp3) is 0.273. The smallest absolute Gasteiger partial charge is 0.336 e. The predicted molar refractivity (Wildman–Crippen MR) is 104 cm³/mol. The van der Waals surface area contributed by atoms with Gasteiger partial charge in [0.1, 0.15) is 12.2 Å². The molecule has 1 aliphatic carbocycles. The minimum atomic E-state index is -0.588. The average molecular weight is 383 g/mol. The molecule has 0 radical (unpaired) electrons. The van der Waals surface area contributed by atoms with E-state index in [0.29, 0.717) is 16.2 Å². The van der Waals surface area contributed by atoms with Crippen molar-refractivity contribution in [1.29, 1.82) is 0 Å². The monoisotopic (exact) mass is 382 g/mol. The summed E-state index contributed by atoms with van der Waals surface area (Å²) in [6.07, 6.45) is 2.36. The molecule has 0 spiro atoms. The lowest BCUT2D eigenvalue weighted by molar-refractivity contribution is -0.148. The minimum absolute atomic E-state index is 0.0434. The van der Waals surface area contributed by atoms with Crippen LogP contribution in [0.5, 0.6) is 0 Å². The second kappa shape index (κ2) is 6.86. The number of carbonyl (C=O) groups is 1. The van der Waals surface area contributed by atoms with Gasteiger partial charge in [-0.15, -0.1) is 0 Å². The Balaban J connectivity index is 1.57. The summed E-state index contributed by atoms with van der Waals surface area (Å²) in [5.74, 6) is -0.267. The molecule has 0 N–H and O–H groups in total. The molecule has 0 bridgehead atoms. The zero-order valence-electron chi connectivity index (χ0n) is 15.0. The van der Waals surface area contributed by atoms with Gasteiger partial charge in [-0.05, 0) is 48.6 Å². The Kier molecular flexibility index (Phi) is 4.52. The largest absolute Gasteiger partial charge is 0.460 e. The summed E-state index contributed by atoms with van der Waals surface area (Å²) >= 11 is 5.94. The third-order valence-electron chi connectivity index (χ3n) is 5.20. The molecule has 5 heteroatoms. The molecule has 4 nitrogen and oxygen atoms in total. The van der Waals surface area contributed by atoms with Crippen molar-refractivity contribution in [2.24, 2.45) is 0 Å². The second-order valence-electron chi connectivity index (χ2n) is 6.94. The van der Waals surface area contributed by atoms with Crippen LogP contribution in [0.3, 0.4) is 0 Å². The van der Waals surface area contributed by atoms with Gasteiger partial charge in [0, 0.05) is 22.0 Å². The normalized spacial score (nSPS) is 14.9. The standard InChI is InChI=1S/C22H19ClO4/c1-2-14-3-8-18-15(12-20(24)27-19(18)11-14)13-26-21(25)22(9-10-22)16-4-6-17(23)7-5-16/h3-8,11-12H,2,9-10,13H2,1H3. The number of rotatable bonds is 5. The van der Waals surface area contributed by atoms with Crippen LogP contribution in [0.1, 0.15) is 36.5 Å². The van der Waals surface area contributed by atoms with Crippen LogP contribution in [0.2, 0.25) is 5.02 Å². The minimum Gasteiger partial charge on any atom is -0.460 e. The molecule has 3 aromatic rings. The number of benzene rings is 2. The molecule has 0 saturated heterocycles. The topological polar surface area (TPSA) is 56.5 Å². The Morgan fingerprint density at radius 2 is 1.89 bits per heavy atom. The summed E-state index contributed by atoms with van der Waals surface area (Å²) in [5, 5.41) is 1.42. The van der Waals surface area contributed by atoms with E-state index in [1.54, 1.807) is 12.1 Å². The van der Waals surface area contributed by atoms with Gasteiger partial charge in [0.2, 0.25) is 0 Å². The first-order chi connectivity index (χ1) is 13.0. The molecule has 0 atom stereocenters. The fourth-order valence-corrected chi connectivity index (χ4v) is 3.53. The number of ether oxygens (including phenoxy) is 1. The van der Waals surface area contributed by atoms with Crippen LogP contribution < -0.4 is 5.63 Å². The third kappa shape index (κ3) is 3.37. The maximum atomic E-state index is 12.8. The van der Waals surface area contributed by atoms with Crippen LogP contribution in [0.15, 0.2) is 57.7 Å². The van der Waals surface area contributed by atoms with Crippen molar-refractivity contribution >= 4 is 28.5 Å². The number of hydrogen-bond acceptors (Lipinski definition) is 4. The number of fused-ring (bicyclic) bond motifs is 1. The molecule has 1 aromatic heterocycles. The van der Waals surface area contributed by atoms with Crippen LogP contribution in [-0.4, -0.2) is 5.97 Å². The highest BCUT2D eigenvalue weighted by Crippen LogP contribution is 2.49. The Morgan fingerprint density at radius 3 is 2.56 bits per heavy atom. The van der Waals surface area contributed by atoms with Crippen LogP contribution in [0.25, 0.3) is 11.0 Å². The summed E-state index contributed by atoms with van der Waals surface area (Å²) in [6.45, 7) is 2.08. The van der Waals surface area contributed by atoms with Gasteiger partial charge < -0.3 is 9.15 Å². The maximum Gasteiger partial charge on any atom is 0.336 e. The van der Waals surface area contributed by atoms with Gasteiger partial charge in [-0.25, -0.2) is 4.79 Å². The molecule has 2 aromatic carbocycles. The van der Waals surface area contributed by atoms with Gasteiger partial charge in [-0.2, -0.15) is 0 Å². The number of carbonyl (C=O) groups excluding carboxylic acids is 1. The van der Waals surface area contributed by atoms with E-state index in [4.69, 9.17) is 20.8 Å². The van der Waals surface area contributed by atoms with Gasteiger partial charge >= 0.3 is 11.6 Å². The Morgan fingerprint density at radius 1 is 1.15 bits per heavy atom. The Bertz CT molecular complexity index is 1060. The lowest BCUT2D eigenvalue weighted by Gasteiger charge is -2.15. The second-order valence-corrected chi connectivity index (χ2v) is 7.38. The van der Waals surface area contributed by atoms with Gasteiger partial charge in [0.05, 0.1) is 5.41 Å². The summed E-state index contributed by atoms with van der Waals surface area (Å²) in [4.78, 5) is 24.6. The number of hydrogen-bond donors (Lipinski definition) is 0. The average Bonchev–Trinajstić information content (AvgIpc) is 3.47. The van der Waals surface area contributed by atoms with E-state index in [1.807, 2.05) is 37.3 Å². The first-order valence-electron chi connectivity index (χ1n) is 9.01. The van der Waals surface area contributed by atoms with Gasteiger partial charge in [-0.3, -0.25) is 4.79 Å². The van der Waals surface area contributed by atoms with E-state index in [-0.39, 0.29) is 12.6 Å². The van der Waals surface area contributed by atoms with Crippen molar-refractivity contribution in [2.45, 2.75) is 38.2 Å². The van der Waals surface area contributed by atoms with E-state index in [1.165, 1.54) is 6.07 Å². The zero-order chi connectivity index (χ0) is 19.0. The summed E-state index contributed by atoms with van der Waals surface area (Å²) in [6, 6.07) is 14.5. The van der Waals surface area contributed by atoms with Crippen LogP contribution >= 0.6 is 11.6 Å². The van der Waals surface area contributed by atoms with Gasteiger partial charge in [0.25, 0.3) is 0 Å². The zero-order valence-corrected chi connectivity index (χ0v) is 15.7. The van der Waals surface area contributed by atoms with Crippen molar-refractivity contribution in [3.8, 4) is 0 Å². The third-order valence-corrected chi connectivity index (χ3v) is 5.45. The van der Waals surface area contributed by atoms with Crippen molar-refractivity contribution < 1.29 is 13.9 Å². The molecule has 27 heavy (non-hydrogen) atoms. The van der Waals surface area contributed by atoms with E-state index < -0.39 is 11.0 Å². The van der Waals surface area contributed by atoms with Crippen molar-refractivity contribution in [1.82, 2.24) is 0 Å². The summed E-state index contributed by atoms with van der Waals surface area (Å²) < 4.78 is 10.9. The molecule has 1 heterocycles. The van der Waals surface area contributed by atoms with Crippen molar-refractivity contribution in [3.63, 3.8) is 0 Å². The van der Waals surface area contributed by atoms with E-state index in [9.17, 15) is 9.59 Å². The number of aryl methyl sites for hydroxylation is 1. The molecular formula is C22H19ClO4. The quantitative estimate of drug-likeness (QED) is 0.470. The first-order valence-corrected chi connectivity index (χ1v) is 9.38. The highest BCUT2D eigenvalue weighted by molar-refractivity contribution is 6.30. The molecule has 1 fully saturated rings. The molecule has 4 rings (SSSR count). The molecule has 0 unspecified atom stereocenters. The fourth-order valence-electron chi connectivity index (χ4n) is 3.40. The number of esters is 1. The van der Waals surface area contributed by atoms with E-state index in [2.05, 4.69) is 0 Å². The summed E-state index contributed by atoms with van der Waals surface area (Å²) in [5.41, 5.74) is 2.15. The van der Waals surface area contributed by atoms with E-state index in [0.717, 1.165) is 35.8 Å². The Hall–Kier alpha value is -2.59. The highest BCUT2D eigenvalue weighted by atomic mass is 35.5. The van der Waals surface area contributed by atoms with Crippen molar-refractivity contribution in [2.75, 3.05) is 0 Å². The summed E-state index contributed by atoms with van der Waals surface area (Å²) in [7, 11) is 0. The molecular weight excluding hydrogens is 364 g/mol. The van der Waals surface area contributed by atoms with Gasteiger partial charge in [0.15, 0.2) is 0 Å². The molecule has 0 amide bonds. The molecule has 1 aliphatic rings. The predicted octanol–water partition coefficient (Wildman–Crippen LogP) is 4.78. The Labute approximate surface area is 161 Å². The molecule has 138 valence electrons. The molecule has 1 saturated carbocycles. The lowest BCUT2D eigenvalue weighted by Crippen LogP contribution is -2.23. The van der Waals surface area contributed by atoms with Crippen molar-refractivity contribution in [3.05, 3.63) is 80.7 Å². The van der Waals surface area contributed by atoms with Crippen LogP contribution in [0, 0.1) is 0 Å². The van der Waals surface area contributed by atoms with Crippen LogP contribution in [0.4, 0.5) is 0 Å². The highest BCUT2D eigenvalue weighted by Gasteiger charge is 2.52. The SMILES string of the molecule is CCc1ccc2c(COC(=O)C3(c4ccc(Cl)cc4)CC3)cc(=O)oc2c1. The van der Waals surface area contributed by atoms with Crippen LogP contribution in [-0.2, 0) is 28.0 Å². The first kappa shape index (κ1) is 17.8.